The van der Waals surface area contributed by atoms with E-state index in [0.29, 0.717) is 18.5 Å². The molecule has 0 unspecified atom stereocenters. The zero-order valence-electron chi connectivity index (χ0n) is 16.1. The number of nitrogens with zero attached hydrogens (tertiary/aromatic N) is 1. The van der Waals surface area contributed by atoms with Crippen LogP contribution in [0, 0.1) is 0 Å². The molecular formula is C21H27NO5. The summed E-state index contributed by atoms with van der Waals surface area (Å²) < 4.78 is 18.5. The zero-order valence-corrected chi connectivity index (χ0v) is 16.1. The highest BCUT2D eigenvalue weighted by atomic mass is 16.7. The Balaban J connectivity index is 2.49. The van der Waals surface area contributed by atoms with Gasteiger partial charge in [-0.05, 0) is 12.0 Å². The number of aldehydes is 1. The predicted molar refractivity (Wildman–Crippen MR) is 103 cm³/mol. The first-order valence-electron chi connectivity index (χ1n) is 9.11. The lowest BCUT2D eigenvalue weighted by atomic mass is 10.2. The summed E-state index contributed by atoms with van der Waals surface area (Å²) in [5, 5.41) is 0. The van der Waals surface area contributed by atoms with Gasteiger partial charge in [-0.1, -0.05) is 50.1 Å². The predicted octanol–water partition coefficient (Wildman–Crippen LogP) is 3.72. The number of hydrogen-bond acceptors (Lipinski definition) is 5. The Hall–Kier alpha value is -2.44. The van der Waals surface area contributed by atoms with Crippen molar-refractivity contribution in [3.63, 3.8) is 0 Å². The van der Waals surface area contributed by atoms with Crippen LogP contribution >= 0.6 is 0 Å². The van der Waals surface area contributed by atoms with Gasteiger partial charge in [0.25, 0.3) is 0 Å². The van der Waals surface area contributed by atoms with Gasteiger partial charge in [-0.2, -0.15) is 0 Å². The van der Waals surface area contributed by atoms with Crippen LogP contribution in [-0.4, -0.2) is 25.1 Å². The van der Waals surface area contributed by atoms with E-state index in [1.54, 1.807) is 6.20 Å². The van der Waals surface area contributed by atoms with E-state index in [4.69, 9.17) is 14.2 Å². The lowest BCUT2D eigenvalue weighted by Gasteiger charge is -2.23. The molecule has 0 atom stereocenters. The summed E-state index contributed by atoms with van der Waals surface area (Å²) in [6.45, 7) is 2.96. The topological polar surface area (TPSA) is 66.8 Å². The third-order valence-electron chi connectivity index (χ3n) is 4.31. The molecule has 0 radical (unpaired) electrons. The van der Waals surface area contributed by atoms with Gasteiger partial charge in [0.05, 0.1) is 5.56 Å². The molecule has 0 amide bonds. The molecule has 0 aliphatic rings. The summed E-state index contributed by atoms with van der Waals surface area (Å²) in [5.74, 6) is 0.0913. The minimum absolute atomic E-state index is 0.0595. The smallest absolute Gasteiger partial charge is 0.234 e. The molecule has 0 aliphatic carbocycles. The van der Waals surface area contributed by atoms with Crippen LogP contribution in [0.25, 0.3) is 0 Å². The molecule has 0 bridgehead atoms. The monoisotopic (exact) mass is 373 g/mol. The fourth-order valence-corrected chi connectivity index (χ4v) is 2.91. The van der Waals surface area contributed by atoms with Gasteiger partial charge >= 0.3 is 0 Å². The molecule has 0 spiro atoms. The van der Waals surface area contributed by atoms with Crippen molar-refractivity contribution in [2.24, 2.45) is 0 Å². The molecule has 0 N–H and O–H groups in total. The van der Waals surface area contributed by atoms with E-state index >= 15 is 0 Å². The van der Waals surface area contributed by atoms with E-state index in [-0.39, 0.29) is 17.9 Å². The van der Waals surface area contributed by atoms with Crippen LogP contribution in [0.4, 0.5) is 0 Å². The first-order valence-corrected chi connectivity index (χ1v) is 9.11. The van der Waals surface area contributed by atoms with Crippen molar-refractivity contribution in [1.82, 2.24) is 4.57 Å². The maximum atomic E-state index is 12.8. The standard InChI is InChI=1S/C21H27NO5/c1-4-5-9-12-22-13-17(14-23)19(24)20(18(22)21(25-2)26-3)27-15-16-10-7-6-8-11-16/h6-8,10-11,13-14,21H,4-5,9,12,15H2,1-3H3. The number of rotatable bonds is 11. The summed E-state index contributed by atoms with van der Waals surface area (Å²) in [6.07, 6.45) is 4.35. The van der Waals surface area contributed by atoms with Crippen molar-refractivity contribution in [1.29, 1.82) is 0 Å². The molecule has 6 heteroatoms. The van der Waals surface area contributed by atoms with E-state index in [0.717, 1.165) is 24.8 Å². The highest BCUT2D eigenvalue weighted by Gasteiger charge is 2.24. The van der Waals surface area contributed by atoms with Crippen molar-refractivity contribution < 1.29 is 19.0 Å². The highest BCUT2D eigenvalue weighted by molar-refractivity contribution is 5.75. The lowest BCUT2D eigenvalue weighted by Crippen LogP contribution is -2.24. The second-order valence-electron chi connectivity index (χ2n) is 6.22. The van der Waals surface area contributed by atoms with Gasteiger partial charge in [0.15, 0.2) is 12.0 Å². The highest BCUT2D eigenvalue weighted by Crippen LogP contribution is 2.27. The lowest BCUT2D eigenvalue weighted by molar-refractivity contribution is -0.112. The van der Waals surface area contributed by atoms with E-state index in [2.05, 4.69) is 6.92 Å². The summed E-state index contributed by atoms with van der Waals surface area (Å²) >= 11 is 0. The average Bonchev–Trinajstić information content (AvgIpc) is 2.70. The number of pyridine rings is 1. The normalized spacial score (nSPS) is 11.0. The number of carbonyl (C=O) groups excluding carboxylic acids is 1. The fourth-order valence-electron chi connectivity index (χ4n) is 2.91. The Kier molecular flexibility index (Phi) is 8.23. The Morgan fingerprint density at radius 3 is 2.41 bits per heavy atom. The van der Waals surface area contributed by atoms with Gasteiger partial charge in [-0.15, -0.1) is 0 Å². The molecule has 2 aromatic rings. The van der Waals surface area contributed by atoms with Crippen molar-refractivity contribution in [3.05, 3.63) is 63.6 Å². The third-order valence-corrected chi connectivity index (χ3v) is 4.31. The number of unbranched alkanes of at least 4 members (excludes halogenated alkanes) is 2. The van der Waals surface area contributed by atoms with Crippen LogP contribution in [0.2, 0.25) is 0 Å². The van der Waals surface area contributed by atoms with E-state index in [9.17, 15) is 9.59 Å². The maximum Gasteiger partial charge on any atom is 0.234 e. The second kappa shape index (κ2) is 10.6. The average molecular weight is 373 g/mol. The molecule has 1 aromatic heterocycles. The van der Waals surface area contributed by atoms with Crippen LogP contribution in [0.1, 0.15) is 54.1 Å². The van der Waals surface area contributed by atoms with E-state index in [1.807, 2.05) is 34.9 Å². The summed E-state index contributed by atoms with van der Waals surface area (Å²) in [6, 6.07) is 9.53. The Morgan fingerprint density at radius 1 is 1.11 bits per heavy atom. The van der Waals surface area contributed by atoms with E-state index in [1.165, 1.54) is 14.2 Å². The number of benzene rings is 1. The molecule has 0 saturated heterocycles. The molecular weight excluding hydrogens is 346 g/mol. The van der Waals surface area contributed by atoms with Crippen molar-refractivity contribution >= 4 is 6.29 Å². The van der Waals surface area contributed by atoms with Crippen molar-refractivity contribution in [3.8, 4) is 5.75 Å². The van der Waals surface area contributed by atoms with Gasteiger partial charge in [-0.3, -0.25) is 9.59 Å². The molecule has 0 saturated carbocycles. The summed E-state index contributed by atoms with van der Waals surface area (Å²) in [5.41, 5.74) is 1.01. The Labute approximate surface area is 159 Å². The minimum atomic E-state index is -0.772. The van der Waals surface area contributed by atoms with Gasteiger partial charge < -0.3 is 18.8 Å². The van der Waals surface area contributed by atoms with Crippen LogP contribution in [-0.2, 0) is 22.6 Å². The van der Waals surface area contributed by atoms with Crippen LogP contribution < -0.4 is 10.2 Å². The second-order valence-corrected chi connectivity index (χ2v) is 6.22. The molecule has 0 fully saturated rings. The van der Waals surface area contributed by atoms with Gasteiger partial charge in [-0.25, -0.2) is 0 Å². The molecule has 146 valence electrons. The quantitative estimate of drug-likeness (QED) is 0.341. The van der Waals surface area contributed by atoms with Crippen LogP contribution in [0.3, 0.4) is 0 Å². The molecule has 6 nitrogen and oxygen atoms in total. The van der Waals surface area contributed by atoms with Gasteiger partial charge in [0.2, 0.25) is 11.7 Å². The third kappa shape index (κ3) is 5.28. The van der Waals surface area contributed by atoms with Gasteiger partial charge in [0, 0.05) is 27.0 Å². The molecule has 2 rings (SSSR count). The first kappa shape index (κ1) is 20.9. The summed E-state index contributed by atoms with van der Waals surface area (Å²) in [4.78, 5) is 24.2. The number of methoxy groups -OCH3 is 2. The van der Waals surface area contributed by atoms with Crippen molar-refractivity contribution in [2.75, 3.05) is 14.2 Å². The van der Waals surface area contributed by atoms with Crippen LogP contribution in [0.15, 0.2) is 41.3 Å². The molecule has 1 aromatic carbocycles. The number of hydrogen-bond donors (Lipinski definition) is 0. The number of aromatic nitrogens is 1. The Bertz CT molecular complexity index is 781. The number of carbonyl (C=O) groups is 1. The largest absolute Gasteiger partial charge is 0.483 e. The summed E-state index contributed by atoms with van der Waals surface area (Å²) in [7, 11) is 3.01. The van der Waals surface area contributed by atoms with E-state index < -0.39 is 11.7 Å². The Morgan fingerprint density at radius 2 is 1.81 bits per heavy atom. The molecule has 27 heavy (non-hydrogen) atoms. The number of ether oxygens (including phenoxy) is 3. The molecule has 0 aliphatic heterocycles. The van der Waals surface area contributed by atoms with Crippen LogP contribution in [0.5, 0.6) is 5.75 Å². The minimum Gasteiger partial charge on any atom is -0.483 e. The maximum absolute atomic E-state index is 12.8. The number of aryl methyl sites for hydroxylation is 1. The molecule has 1 heterocycles. The van der Waals surface area contributed by atoms with Crippen molar-refractivity contribution in [2.45, 2.75) is 45.6 Å². The SMILES string of the molecule is CCCCCn1cc(C=O)c(=O)c(OCc2ccccc2)c1C(OC)OC. The van der Waals surface area contributed by atoms with Gasteiger partial charge in [0.1, 0.15) is 12.3 Å². The zero-order chi connectivity index (χ0) is 19.6. The fraction of sp³-hybridized carbons (Fsp3) is 0.429. The first-order chi connectivity index (χ1) is 13.2.